The molecule has 0 aromatic carbocycles. The summed E-state index contributed by atoms with van der Waals surface area (Å²) in [6, 6.07) is 0. The summed E-state index contributed by atoms with van der Waals surface area (Å²) in [6.45, 7) is 17.2. The summed E-state index contributed by atoms with van der Waals surface area (Å²) in [4.78, 5) is 13.1. The number of ether oxygens (including phenoxy) is 1. The highest BCUT2D eigenvalue weighted by Gasteiger charge is 2.56. The van der Waals surface area contributed by atoms with Crippen molar-refractivity contribution in [1.82, 2.24) is 0 Å². The summed E-state index contributed by atoms with van der Waals surface area (Å²) in [5.41, 5.74) is -0.941. The van der Waals surface area contributed by atoms with E-state index < -0.39 is 5.41 Å². The Kier molecular flexibility index (Phi) is 4.68. The second-order valence-electron chi connectivity index (χ2n) is 8.66. The maximum absolute atomic E-state index is 13.1. The van der Waals surface area contributed by atoms with Gasteiger partial charge in [0.2, 0.25) is 0 Å². The Hall–Kier alpha value is -0.530. The van der Waals surface area contributed by atoms with Gasteiger partial charge < -0.3 is 4.74 Å². The molecule has 1 aliphatic rings. The minimum Gasteiger partial charge on any atom is -0.459 e. The lowest BCUT2D eigenvalue weighted by atomic mass is 9.53. The zero-order valence-corrected chi connectivity index (χ0v) is 14.9. The fourth-order valence-corrected chi connectivity index (χ4v) is 3.50. The third-order valence-electron chi connectivity index (χ3n) is 6.15. The molecule has 1 aliphatic carbocycles. The summed E-state index contributed by atoms with van der Waals surface area (Å²) in [6.07, 6.45) is 5.32. The van der Waals surface area contributed by atoms with Crippen LogP contribution in [0, 0.1) is 16.2 Å². The van der Waals surface area contributed by atoms with Crippen LogP contribution in [0.1, 0.15) is 87.5 Å². The van der Waals surface area contributed by atoms with Gasteiger partial charge in [0, 0.05) is 0 Å². The van der Waals surface area contributed by atoms with E-state index in [9.17, 15) is 4.79 Å². The lowest BCUT2D eigenvalue weighted by molar-refractivity contribution is -0.188. The van der Waals surface area contributed by atoms with Crippen molar-refractivity contribution < 1.29 is 9.53 Å². The van der Waals surface area contributed by atoms with Gasteiger partial charge in [0.1, 0.15) is 5.60 Å². The molecule has 0 radical (unpaired) electrons. The van der Waals surface area contributed by atoms with E-state index in [1.165, 1.54) is 12.8 Å². The average Bonchev–Trinajstić information content (AvgIpc) is 2.72. The molecule has 0 N–H and O–H groups in total. The molecule has 1 saturated carbocycles. The van der Waals surface area contributed by atoms with Gasteiger partial charge in [0.05, 0.1) is 5.41 Å². The summed E-state index contributed by atoms with van der Waals surface area (Å²) < 4.78 is 6.04. The van der Waals surface area contributed by atoms with Gasteiger partial charge in [-0.25, -0.2) is 0 Å². The fraction of sp³-hybridized carbons (Fsp3) is 0.944. The molecular weight excluding hydrogens is 248 g/mol. The first-order chi connectivity index (χ1) is 8.90. The molecule has 0 amide bonds. The van der Waals surface area contributed by atoms with Crippen molar-refractivity contribution in [2.24, 2.45) is 16.2 Å². The van der Waals surface area contributed by atoms with Crippen LogP contribution in [0.5, 0.6) is 0 Å². The lowest BCUT2D eigenvalue weighted by Crippen LogP contribution is -2.53. The summed E-state index contributed by atoms with van der Waals surface area (Å²) in [7, 11) is 0. The molecule has 0 saturated heterocycles. The Morgan fingerprint density at radius 2 is 1.50 bits per heavy atom. The lowest BCUT2D eigenvalue weighted by Gasteiger charge is -2.51. The zero-order chi connectivity index (χ0) is 15.8. The number of esters is 1. The van der Waals surface area contributed by atoms with Crippen LogP contribution in [-0.4, -0.2) is 11.6 Å². The van der Waals surface area contributed by atoms with Crippen molar-refractivity contribution >= 4 is 5.97 Å². The topological polar surface area (TPSA) is 26.3 Å². The molecule has 0 aromatic rings. The van der Waals surface area contributed by atoms with Gasteiger partial charge in [0.25, 0.3) is 0 Å². The molecule has 1 rings (SSSR count). The first kappa shape index (κ1) is 17.5. The number of hydrogen-bond acceptors (Lipinski definition) is 2. The number of carbonyl (C=O) groups is 1. The van der Waals surface area contributed by atoms with Crippen LogP contribution in [0.2, 0.25) is 0 Å². The maximum Gasteiger partial charge on any atom is 0.313 e. The Morgan fingerprint density at radius 3 is 1.85 bits per heavy atom. The van der Waals surface area contributed by atoms with E-state index >= 15 is 0 Å². The second kappa shape index (κ2) is 5.35. The van der Waals surface area contributed by atoms with E-state index in [0.29, 0.717) is 0 Å². The molecule has 118 valence electrons. The standard InChI is InChI=1S/C18H34O2/c1-9-16(5,6)18(8,15(2,3)4)14(19)20-17(7)12-10-11-13-17/h9-13H2,1-8H3. The van der Waals surface area contributed by atoms with Crippen molar-refractivity contribution in [3.05, 3.63) is 0 Å². The van der Waals surface area contributed by atoms with Crippen molar-refractivity contribution in [2.45, 2.75) is 93.1 Å². The predicted octanol–water partition coefficient (Wildman–Crippen LogP) is 5.35. The predicted molar refractivity (Wildman–Crippen MR) is 84.6 cm³/mol. The van der Waals surface area contributed by atoms with Crippen LogP contribution in [-0.2, 0) is 9.53 Å². The third kappa shape index (κ3) is 2.89. The molecule has 0 spiro atoms. The molecule has 0 aromatic heterocycles. The van der Waals surface area contributed by atoms with Crippen LogP contribution >= 0.6 is 0 Å². The molecular formula is C18H34O2. The van der Waals surface area contributed by atoms with Crippen molar-refractivity contribution in [2.75, 3.05) is 0 Å². The average molecular weight is 282 g/mol. The number of hydrogen-bond donors (Lipinski definition) is 0. The zero-order valence-electron chi connectivity index (χ0n) is 14.9. The second-order valence-corrected chi connectivity index (χ2v) is 8.66. The van der Waals surface area contributed by atoms with Gasteiger partial charge in [-0.05, 0) is 56.8 Å². The van der Waals surface area contributed by atoms with Crippen molar-refractivity contribution in [1.29, 1.82) is 0 Å². The first-order valence-corrected chi connectivity index (χ1v) is 8.13. The summed E-state index contributed by atoms with van der Waals surface area (Å²) in [5.74, 6) is -0.0127. The minimum absolute atomic E-state index is 0.0127. The van der Waals surface area contributed by atoms with E-state index in [0.717, 1.165) is 19.3 Å². The van der Waals surface area contributed by atoms with Crippen LogP contribution in [0.15, 0.2) is 0 Å². The smallest absolute Gasteiger partial charge is 0.313 e. The van der Waals surface area contributed by atoms with E-state index in [1.54, 1.807) is 0 Å². The molecule has 0 heterocycles. The molecule has 20 heavy (non-hydrogen) atoms. The Balaban J connectivity index is 3.09. The molecule has 1 atom stereocenters. The number of rotatable bonds is 4. The Bertz CT molecular complexity index is 356. The van der Waals surface area contributed by atoms with Gasteiger partial charge in [-0.3, -0.25) is 4.79 Å². The van der Waals surface area contributed by atoms with Crippen LogP contribution < -0.4 is 0 Å². The van der Waals surface area contributed by atoms with E-state index in [1.807, 2.05) is 0 Å². The quantitative estimate of drug-likeness (QED) is 0.650. The third-order valence-corrected chi connectivity index (χ3v) is 6.15. The van der Waals surface area contributed by atoms with E-state index in [2.05, 4.69) is 55.4 Å². The molecule has 0 aliphatic heterocycles. The van der Waals surface area contributed by atoms with Crippen LogP contribution in [0.4, 0.5) is 0 Å². The molecule has 2 heteroatoms. The summed E-state index contributed by atoms with van der Waals surface area (Å²) >= 11 is 0. The van der Waals surface area contributed by atoms with Gasteiger partial charge in [-0.1, -0.05) is 41.5 Å². The van der Waals surface area contributed by atoms with Gasteiger partial charge in [0.15, 0.2) is 0 Å². The highest BCUT2D eigenvalue weighted by atomic mass is 16.6. The fourth-order valence-electron chi connectivity index (χ4n) is 3.50. The monoisotopic (exact) mass is 282 g/mol. The van der Waals surface area contributed by atoms with Crippen molar-refractivity contribution in [3.8, 4) is 0 Å². The van der Waals surface area contributed by atoms with E-state index in [4.69, 9.17) is 4.74 Å². The van der Waals surface area contributed by atoms with E-state index in [-0.39, 0.29) is 22.4 Å². The number of carbonyl (C=O) groups excluding carboxylic acids is 1. The largest absolute Gasteiger partial charge is 0.459 e. The Morgan fingerprint density at radius 1 is 1.05 bits per heavy atom. The highest BCUT2D eigenvalue weighted by molar-refractivity contribution is 5.79. The van der Waals surface area contributed by atoms with Gasteiger partial charge in [-0.15, -0.1) is 0 Å². The molecule has 2 nitrogen and oxygen atoms in total. The van der Waals surface area contributed by atoms with Gasteiger partial charge >= 0.3 is 5.97 Å². The normalized spacial score (nSPS) is 22.4. The van der Waals surface area contributed by atoms with Crippen molar-refractivity contribution in [3.63, 3.8) is 0 Å². The molecule has 1 fully saturated rings. The van der Waals surface area contributed by atoms with Gasteiger partial charge in [-0.2, -0.15) is 0 Å². The minimum atomic E-state index is -0.486. The highest BCUT2D eigenvalue weighted by Crippen LogP contribution is 2.54. The van der Waals surface area contributed by atoms with Crippen LogP contribution in [0.3, 0.4) is 0 Å². The molecule has 0 bridgehead atoms. The molecule has 1 unspecified atom stereocenters. The van der Waals surface area contributed by atoms with Crippen LogP contribution in [0.25, 0.3) is 0 Å². The first-order valence-electron chi connectivity index (χ1n) is 8.13. The Labute approximate surface area is 125 Å². The SMILES string of the molecule is CCC(C)(C)C(C)(C(=O)OC1(C)CCCC1)C(C)(C)C. The summed E-state index contributed by atoms with van der Waals surface area (Å²) in [5, 5.41) is 0. The maximum atomic E-state index is 13.1.